The lowest BCUT2D eigenvalue weighted by molar-refractivity contribution is -0.137. The monoisotopic (exact) mass is 463 g/mol. The second kappa shape index (κ2) is 9.34. The maximum absolute atomic E-state index is 12.9. The van der Waals surface area contributed by atoms with Gasteiger partial charge in [-0.2, -0.15) is 13.2 Å². The highest BCUT2D eigenvalue weighted by Gasteiger charge is 2.33. The molecule has 0 fully saturated rings. The second-order valence-corrected chi connectivity index (χ2v) is 9.41. The van der Waals surface area contributed by atoms with Gasteiger partial charge in [0.1, 0.15) is 0 Å². The lowest BCUT2D eigenvalue weighted by Crippen LogP contribution is -2.30. The van der Waals surface area contributed by atoms with Crippen molar-refractivity contribution in [2.75, 3.05) is 33.0 Å². The van der Waals surface area contributed by atoms with Crippen LogP contribution in [0.3, 0.4) is 0 Å². The number of likely N-dealkylation sites (N-methyl/N-ethyl adjacent to an activating group) is 1. The first-order valence-electron chi connectivity index (χ1n) is 8.67. The molecule has 0 unspecified atom stereocenters. The summed E-state index contributed by atoms with van der Waals surface area (Å²) in [6, 6.07) is 9.44. The van der Waals surface area contributed by atoms with Crippen molar-refractivity contribution in [2.45, 2.75) is 17.6 Å². The number of nitrogens with zero attached hydrogens (tertiary/aromatic N) is 2. The molecule has 0 aliphatic carbocycles. The highest BCUT2D eigenvalue weighted by Crippen LogP contribution is 2.36. The Morgan fingerprint density at radius 3 is 2.37 bits per heavy atom. The molecule has 0 spiro atoms. The van der Waals surface area contributed by atoms with Crippen LogP contribution in [-0.2, 0) is 27.5 Å². The van der Waals surface area contributed by atoms with Crippen molar-refractivity contribution < 1.29 is 26.4 Å². The van der Waals surface area contributed by atoms with Crippen LogP contribution in [-0.4, -0.2) is 51.2 Å². The van der Waals surface area contributed by atoms with Gasteiger partial charge in [-0.1, -0.05) is 23.7 Å². The Hall–Kier alpha value is -2.14. The number of amides is 1. The molecule has 30 heavy (non-hydrogen) atoms. The fourth-order valence-corrected chi connectivity index (χ4v) is 3.85. The number of halogens is 4. The fraction of sp³-hybridized carbons (Fsp3) is 0.316. The molecule has 1 amide bonds. The summed E-state index contributed by atoms with van der Waals surface area (Å²) in [6.07, 6.45) is -4.63. The zero-order valence-corrected chi connectivity index (χ0v) is 18.1. The Morgan fingerprint density at radius 2 is 1.77 bits per heavy atom. The molecule has 0 bridgehead atoms. The minimum atomic E-state index is -4.63. The molecule has 2 rings (SSSR count). The molecule has 0 aliphatic rings. The summed E-state index contributed by atoms with van der Waals surface area (Å²) in [6.45, 7) is 0.146. The smallest absolute Gasteiger partial charge is 0.325 e. The molecule has 2 aromatic carbocycles. The molecule has 0 atom stereocenters. The summed E-state index contributed by atoms with van der Waals surface area (Å²) >= 11 is 5.57. The number of sulfonamides is 1. The van der Waals surface area contributed by atoms with Crippen LogP contribution in [0.2, 0.25) is 5.02 Å². The van der Waals surface area contributed by atoms with Crippen molar-refractivity contribution in [3.8, 4) is 0 Å². The third kappa shape index (κ3) is 6.18. The average Bonchev–Trinajstić information content (AvgIpc) is 2.62. The Labute approximate surface area is 178 Å². The van der Waals surface area contributed by atoms with Crippen LogP contribution >= 0.6 is 11.6 Å². The molecular formula is C19H21ClF3N3O3S. The van der Waals surface area contributed by atoms with E-state index >= 15 is 0 Å². The van der Waals surface area contributed by atoms with Gasteiger partial charge in [0.2, 0.25) is 15.9 Å². The van der Waals surface area contributed by atoms with Crippen molar-refractivity contribution in [3.05, 3.63) is 58.6 Å². The number of carbonyl (C=O) groups excluding carboxylic acids is 1. The Kier molecular flexibility index (Phi) is 7.51. The molecule has 0 saturated carbocycles. The summed E-state index contributed by atoms with van der Waals surface area (Å²) in [5.41, 5.74) is -0.391. The van der Waals surface area contributed by atoms with Crippen molar-refractivity contribution >= 4 is 33.2 Å². The predicted molar refractivity (Wildman–Crippen MR) is 109 cm³/mol. The summed E-state index contributed by atoms with van der Waals surface area (Å²) in [5, 5.41) is 1.95. The minimum absolute atomic E-state index is 0.0239. The number of benzene rings is 2. The largest absolute Gasteiger partial charge is 0.417 e. The number of alkyl halides is 3. The van der Waals surface area contributed by atoms with Crippen molar-refractivity contribution in [1.82, 2.24) is 9.21 Å². The second-order valence-electron chi connectivity index (χ2n) is 6.85. The third-order valence-corrected chi connectivity index (χ3v) is 6.24. The summed E-state index contributed by atoms with van der Waals surface area (Å²) < 4.78 is 64.4. The van der Waals surface area contributed by atoms with Crippen LogP contribution in [0.25, 0.3) is 0 Å². The molecule has 0 heterocycles. The number of nitrogens with one attached hydrogen (secondary N) is 1. The average molecular weight is 464 g/mol. The molecule has 2 aromatic rings. The lowest BCUT2D eigenvalue weighted by atomic mass is 10.2. The van der Waals surface area contributed by atoms with Gasteiger partial charge in [-0.15, -0.1) is 0 Å². The number of rotatable bonds is 7. The molecule has 1 N–H and O–H groups in total. The van der Waals surface area contributed by atoms with E-state index in [2.05, 4.69) is 5.32 Å². The number of anilines is 1. The van der Waals surface area contributed by atoms with Gasteiger partial charge in [-0.25, -0.2) is 12.7 Å². The highest BCUT2D eigenvalue weighted by molar-refractivity contribution is 7.89. The standard InChI is InChI=1S/C19H21ClF3N3O3S/c1-25(2)30(28,29)15-6-4-5-13(9-15)11-26(3)12-18(27)24-14-7-8-17(20)16(10-14)19(21,22)23/h4-10H,11-12H2,1-3H3,(H,24,27). The first kappa shape index (κ1) is 24.1. The van der Waals surface area contributed by atoms with E-state index < -0.39 is 32.7 Å². The Morgan fingerprint density at radius 1 is 1.10 bits per heavy atom. The van der Waals surface area contributed by atoms with Gasteiger partial charge >= 0.3 is 6.18 Å². The molecule has 164 valence electrons. The summed E-state index contributed by atoms with van der Waals surface area (Å²) in [7, 11) is 0.909. The summed E-state index contributed by atoms with van der Waals surface area (Å²) in [4.78, 5) is 13.9. The van der Waals surface area contributed by atoms with E-state index in [0.29, 0.717) is 5.56 Å². The quantitative estimate of drug-likeness (QED) is 0.680. The topological polar surface area (TPSA) is 69.7 Å². The zero-order valence-electron chi connectivity index (χ0n) is 16.5. The molecule has 0 aromatic heterocycles. The molecule has 0 saturated heterocycles. The molecule has 0 aliphatic heterocycles. The molecule has 0 radical (unpaired) electrons. The van der Waals surface area contributed by atoms with E-state index in [1.54, 1.807) is 24.1 Å². The minimum Gasteiger partial charge on any atom is -0.325 e. The van der Waals surface area contributed by atoms with E-state index in [9.17, 15) is 26.4 Å². The van der Waals surface area contributed by atoms with Crippen molar-refractivity contribution in [2.24, 2.45) is 0 Å². The number of hydrogen-bond donors (Lipinski definition) is 1. The van der Waals surface area contributed by atoms with Crippen molar-refractivity contribution in [1.29, 1.82) is 0 Å². The molecular weight excluding hydrogens is 443 g/mol. The van der Waals surface area contributed by atoms with Crippen LogP contribution in [0.5, 0.6) is 0 Å². The van der Waals surface area contributed by atoms with Crippen LogP contribution in [0.1, 0.15) is 11.1 Å². The van der Waals surface area contributed by atoms with Crippen LogP contribution in [0.4, 0.5) is 18.9 Å². The molecule has 6 nitrogen and oxygen atoms in total. The van der Waals surface area contributed by atoms with E-state index in [1.165, 1.54) is 32.3 Å². The van der Waals surface area contributed by atoms with Gasteiger partial charge in [0.25, 0.3) is 0 Å². The normalized spacial score (nSPS) is 12.4. The van der Waals surface area contributed by atoms with Crippen LogP contribution in [0, 0.1) is 0 Å². The van der Waals surface area contributed by atoms with Gasteiger partial charge in [0.15, 0.2) is 0 Å². The third-order valence-electron chi connectivity index (χ3n) is 4.10. The van der Waals surface area contributed by atoms with Gasteiger partial charge in [-0.05, 0) is 42.9 Å². The first-order valence-corrected chi connectivity index (χ1v) is 10.5. The SMILES string of the molecule is CN(CC(=O)Nc1ccc(Cl)c(C(F)(F)F)c1)Cc1cccc(S(=O)(=O)N(C)C)c1. The first-order chi connectivity index (χ1) is 13.8. The van der Waals surface area contributed by atoms with E-state index in [0.717, 1.165) is 16.4 Å². The number of carbonyl (C=O) groups is 1. The Bertz CT molecular complexity index is 1030. The van der Waals surface area contributed by atoms with E-state index in [1.807, 2.05) is 0 Å². The van der Waals surface area contributed by atoms with E-state index in [4.69, 9.17) is 11.6 Å². The molecule has 11 heteroatoms. The van der Waals surface area contributed by atoms with Gasteiger partial charge in [-0.3, -0.25) is 9.69 Å². The van der Waals surface area contributed by atoms with Crippen LogP contribution in [0.15, 0.2) is 47.4 Å². The van der Waals surface area contributed by atoms with E-state index in [-0.39, 0.29) is 23.7 Å². The van der Waals surface area contributed by atoms with Crippen molar-refractivity contribution in [3.63, 3.8) is 0 Å². The van der Waals surface area contributed by atoms with Gasteiger partial charge in [0.05, 0.1) is 22.0 Å². The van der Waals surface area contributed by atoms with Gasteiger partial charge in [0, 0.05) is 26.3 Å². The van der Waals surface area contributed by atoms with Crippen LogP contribution < -0.4 is 5.32 Å². The summed E-state index contributed by atoms with van der Waals surface area (Å²) in [5.74, 6) is -0.523. The number of hydrogen-bond acceptors (Lipinski definition) is 4. The zero-order chi connectivity index (χ0) is 22.7. The van der Waals surface area contributed by atoms with Gasteiger partial charge < -0.3 is 5.32 Å². The fourth-order valence-electron chi connectivity index (χ4n) is 2.65. The maximum Gasteiger partial charge on any atom is 0.417 e. The highest BCUT2D eigenvalue weighted by atomic mass is 35.5. The lowest BCUT2D eigenvalue weighted by Gasteiger charge is -2.18. The maximum atomic E-state index is 12.9. The Balaban J connectivity index is 2.04. The predicted octanol–water partition coefficient (Wildman–Crippen LogP) is 3.68.